The van der Waals surface area contributed by atoms with E-state index in [4.69, 9.17) is 9.15 Å². The third-order valence-corrected chi connectivity index (χ3v) is 2.50. The maximum absolute atomic E-state index is 11.9. The van der Waals surface area contributed by atoms with Crippen molar-refractivity contribution in [1.82, 2.24) is 5.43 Å². The molecule has 0 fully saturated rings. The Bertz CT molecular complexity index is 693. The first-order chi connectivity index (χ1) is 10.1. The van der Waals surface area contributed by atoms with Crippen LogP contribution in [0, 0.1) is 10.1 Å². The number of nitrogens with zero attached hydrogens (tertiary/aromatic N) is 2. The van der Waals surface area contributed by atoms with Gasteiger partial charge < -0.3 is 9.15 Å². The highest BCUT2D eigenvalue weighted by Crippen LogP contribution is 2.17. The molecular formula is C13H11N3O5. The molecule has 0 bridgehead atoms. The lowest BCUT2D eigenvalue weighted by Gasteiger charge is -2.05. The van der Waals surface area contributed by atoms with E-state index in [1.54, 1.807) is 24.3 Å². The van der Waals surface area contributed by atoms with Crippen LogP contribution in [0.4, 0.5) is 5.88 Å². The Morgan fingerprint density at radius 2 is 2.14 bits per heavy atom. The van der Waals surface area contributed by atoms with Gasteiger partial charge in [-0.25, -0.2) is 5.43 Å². The van der Waals surface area contributed by atoms with E-state index in [2.05, 4.69) is 10.5 Å². The van der Waals surface area contributed by atoms with Crippen molar-refractivity contribution in [2.45, 2.75) is 0 Å². The van der Waals surface area contributed by atoms with E-state index in [0.29, 0.717) is 11.3 Å². The summed E-state index contributed by atoms with van der Waals surface area (Å²) in [6.45, 7) is 0. The maximum atomic E-state index is 11.9. The minimum absolute atomic E-state index is 0.155. The van der Waals surface area contributed by atoms with E-state index in [1.165, 1.54) is 25.5 Å². The normalized spacial score (nSPS) is 10.5. The Morgan fingerprint density at radius 3 is 2.81 bits per heavy atom. The molecule has 21 heavy (non-hydrogen) atoms. The van der Waals surface area contributed by atoms with Crippen LogP contribution < -0.4 is 10.2 Å². The second kappa shape index (κ2) is 6.33. The molecule has 8 nitrogen and oxygen atoms in total. The summed E-state index contributed by atoms with van der Waals surface area (Å²) < 4.78 is 9.91. The first-order valence-corrected chi connectivity index (χ1v) is 5.82. The van der Waals surface area contributed by atoms with Crippen LogP contribution in [-0.4, -0.2) is 24.2 Å². The van der Waals surface area contributed by atoms with Gasteiger partial charge in [0, 0.05) is 0 Å². The Balaban J connectivity index is 2.03. The summed E-state index contributed by atoms with van der Waals surface area (Å²) in [4.78, 5) is 21.7. The van der Waals surface area contributed by atoms with Gasteiger partial charge in [-0.15, -0.1) is 0 Å². The number of carbonyl (C=O) groups excluding carboxylic acids is 1. The highest BCUT2D eigenvalue weighted by atomic mass is 16.6. The van der Waals surface area contributed by atoms with E-state index in [0.717, 1.165) is 0 Å². The van der Waals surface area contributed by atoms with Gasteiger partial charge >= 0.3 is 5.88 Å². The molecular weight excluding hydrogens is 278 g/mol. The molecule has 0 atom stereocenters. The number of furan rings is 1. The molecule has 1 aromatic carbocycles. The number of hydrogen-bond acceptors (Lipinski definition) is 6. The van der Waals surface area contributed by atoms with Crippen molar-refractivity contribution in [3.63, 3.8) is 0 Å². The van der Waals surface area contributed by atoms with Crippen molar-refractivity contribution in [2.24, 2.45) is 5.10 Å². The van der Waals surface area contributed by atoms with E-state index < -0.39 is 16.7 Å². The summed E-state index contributed by atoms with van der Waals surface area (Å²) in [5, 5.41) is 14.1. The van der Waals surface area contributed by atoms with Crippen LogP contribution in [0.5, 0.6) is 5.75 Å². The lowest BCUT2D eigenvalue weighted by molar-refractivity contribution is -0.402. The number of hydrazone groups is 1. The molecule has 8 heteroatoms. The number of nitrogens with one attached hydrogen (secondary N) is 1. The summed E-state index contributed by atoms with van der Waals surface area (Å²) >= 11 is 0. The van der Waals surface area contributed by atoms with Crippen molar-refractivity contribution in [1.29, 1.82) is 0 Å². The van der Waals surface area contributed by atoms with Gasteiger partial charge in [0.2, 0.25) is 0 Å². The Kier molecular flexibility index (Phi) is 4.30. The average Bonchev–Trinajstić information content (AvgIpc) is 2.96. The van der Waals surface area contributed by atoms with Gasteiger partial charge in [-0.2, -0.15) is 5.10 Å². The van der Waals surface area contributed by atoms with E-state index in [9.17, 15) is 14.9 Å². The number of ether oxygens (including phenoxy) is 1. The number of carbonyl (C=O) groups is 1. The molecule has 0 spiro atoms. The van der Waals surface area contributed by atoms with Gasteiger partial charge in [0.15, 0.2) is 5.76 Å². The second-order valence-corrected chi connectivity index (χ2v) is 3.83. The first kappa shape index (κ1) is 14.3. The Hall–Kier alpha value is -3.16. The molecule has 0 radical (unpaired) electrons. The van der Waals surface area contributed by atoms with Crippen LogP contribution in [0.1, 0.15) is 16.1 Å². The fraction of sp³-hybridized carbons (Fsp3) is 0.0769. The molecule has 1 heterocycles. The van der Waals surface area contributed by atoms with Crippen LogP contribution in [-0.2, 0) is 0 Å². The molecule has 2 rings (SSSR count). The summed E-state index contributed by atoms with van der Waals surface area (Å²) in [5.74, 6) is -0.293. The lowest BCUT2D eigenvalue weighted by Crippen LogP contribution is -2.18. The zero-order valence-corrected chi connectivity index (χ0v) is 11.0. The molecule has 1 N–H and O–H groups in total. The summed E-state index contributed by atoms with van der Waals surface area (Å²) in [5.41, 5.74) is 2.60. The lowest BCUT2D eigenvalue weighted by atomic mass is 10.2. The van der Waals surface area contributed by atoms with Crippen LogP contribution >= 0.6 is 0 Å². The molecule has 0 unspecified atom stereocenters. The van der Waals surface area contributed by atoms with Crippen LogP contribution in [0.25, 0.3) is 0 Å². The van der Waals surface area contributed by atoms with Crippen LogP contribution in [0.2, 0.25) is 0 Å². The standard InChI is InChI=1S/C13H11N3O5/c1-20-11-5-3-2-4-10(11)13(17)15-14-8-9-6-7-12(21-9)16(18)19/h2-8H,1H3,(H,15,17)/b14-8-. The van der Waals surface area contributed by atoms with E-state index in [1.807, 2.05) is 0 Å². The minimum atomic E-state index is -0.662. The summed E-state index contributed by atoms with van der Waals surface area (Å²) in [6.07, 6.45) is 1.17. The van der Waals surface area contributed by atoms with Gasteiger partial charge in [0.1, 0.15) is 10.7 Å². The number of rotatable bonds is 5. The third kappa shape index (κ3) is 3.44. The van der Waals surface area contributed by atoms with Gasteiger partial charge in [-0.3, -0.25) is 14.9 Å². The zero-order chi connectivity index (χ0) is 15.2. The fourth-order valence-electron chi connectivity index (χ4n) is 1.56. The van der Waals surface area contributed by atoms with Crippen molar-refractivity contribution in [3.05, 3.63) is 57.8 Å². The molecule has 1 aromatic heterocycles. The summed E-state index contributed by atoms with van der Waals surface area (Å²) in [6, 6.07) is 9.23. The van der Waals surface area contributed by atoms with Crippen molar-refractivity contribution in [2.75, 3.05) is 7.11 Å². The predicted molar refractivity (Wildman–Crippen MR) is 73.4 cm³/mol. The number of para-hydroxylation sites is 1. The Morgan fingerprint density at radius 1 is 1.38 bits per heavy atom. The predicted octanol–water partition coefficient (Wildman–Crippen LogP) is 1.96. The number of amides is 1. The maximum Gasteiger partial charge on any atom is 0.433 e. The number of benzene rings is 1. The highest BCUT2D eigenvalue weighted by molar-refractivity contribution is 5.97. The molecule has 0 saturated carbocycles. The van der Waals surface area contributed by atoms with Gasteiger partial charge in [0.25, 0.3) is 5.91 Å². The van der Waals surface area contributed by atoms with Crippen molar-refractivity contribution in [3.8, 4) is 5.75 Å². The highest BCUT2D eigenvalue weighted by Gasteiger charge is 2.12. The second-order valence-electron chi connectivity index (χ2n) is 3.83. The number of nitro groups is 1. The monoisotopic (exact) mass is 289 g/mol. The van der Waals surface area contributed by atoms with Crippen molar-refractivity contribution >= 4 is 18.0 Å². The molecule has 0 aliphatic carbocycles. The average molecular weight is 289 g/mol. The zero-order valence-electron chi connectivity index (χ0n) is 11.0. The largest absolute Gasteiger partial charge is 0.496 e. The van der Waals surface area contributed by atoms with Gasteiger partial charge in [0.05, 0.1) is 25.0 Å². The van der Waals surface area contributed by atoms with E-state index in [-0.39, 0.29) is 5.76 Å². The van der Waals surface area contributed by atoms with Gasteiger partial charge in [-0.1, -0.05) is 12.1 Å². The van der Waals surface area contributed by atoms with Crippen LogP contribution in [0.15, 0.2) is 45.9 Å². The fourth-order valence-corrected chi connectivity index (χ4v) is 1.56. The quantitative estimate of drug-likeness (QED) is 0.514. The Labute approximate surface area is 119 Å². The molecule has 0 aliphatic rings. The molecule has 1 amide bonds. The molecule has 2 aromatic rings. The number of hydrogen-bond donors (Lipinski definition) is 1. The number of methoxy groups -OCH3 is 1. The third-order valence-electron chi connectivity index (χ3n) is 2.50. The van der Waals surface area contributed by atoms with Gasteiger partial charge in [-0.05, 0) is 18.2 Å². The SMILES string of the molecule is COc1ccccc1C(=O)N/N=C\c1ccc([N+](=O)[O-])o1. The molecule has 108 valence electrons. The topological polar surface area (TPSA) is 107 Å². The van der Waals surface area contributed by atoms with Crippen molar-refractivity contribution < 1.29 is 18.9 Å². The van der Waals surface area contributed by atoms with E-state index >= 15 is 0 Å². The molecule has 0 saturated heterocycles. The van der Waals surface area contributed by atoms with Crippen LogP contribution in [0.3, 0.4) is 0 Å². The smallest absolute Gasteiger partial charge is 0.433 e. The summed E-state index contributed by atoms with van der Waals surface area (Å²) in [7, 11) is 1.46. The molecule has 0 aliphatic heterocycles. The minimum Gasteiger partial charge on any atom is -0.496 e. The first-order valence-electron chi connectivity index (χ1n) is 5.82.